The highest BCUT2D eigenvalue weighted by Crippen LogP contribution is 2.20. The Morgan fingerprint density at radius 2 is 1.97 bits per heavy atom. The normalized spacial score (nSPS) is 10.4. The largest absolute Gasteiger partial charge is 0.382 e. The van der Waals surface area contributed by atoms with Crippen LogP contribution in [-0.4, -0.2) is 28.8 Å². The lowest BCUT2D eigenvalue weighted by atomic mass is 10.1. The summed E-state index contributed by atoms with van der Waals surface area (Å²) in [6, 6.07) is 11.3. The van der Waals surface area contributed by atoms with Crippen LogP contribution in [0.1, 0.15) is 26.4 Å². The molecule has 0 unspecified atom stereocenters. The molecule has 29 heavy (non-hydrogen) atoms. The summed E-state index contributed by atoms with van der Waals surface area (Å²) in [5.74, 6) is -1.10. The first kappa shape index (κ1) is 20.4. The summed E-state index contributed by atoms with van der Waals surface area (Å²) in [7, 11) is 1.47. The molecular weight excluding hydrogens is 441 g/mol. The van der Waals surface area contributed by atoms with Crippen molar-refractivity contribution in [3.05, 3.63) is 75.8 Å². The predicted octanol–water partition coefficient (Wildman–Crippen LogP) is 2.92. The number of hydrogen-bond donors (Lipinski definition) is 3. The zero-order chi connectivity index (χ0) is 21.0. The fraction of sp³-hybridized carbons (Fsp3) is 0.100. The molecule has 3 rings (SSSR count). The van der Waals surface area contributed by atoms with Crippen LogP contribution in [0.5, 0.6) is 0 Å². The van der Waals surface area contributed by atoms with Gasteiger partial charge in [-0.15, -0.1) is 0 Å². The molecule has 0 saturated carbocycles. The number of nitrogens with zero attached hydrogens (tertiary/aromatic N) is 2. The van der Waals surface area contributed by atoms with E-state index in [1.54, 1.807) is 36.4 Å². The van der Waals surface area contributed by atoms with E-state index in [0.29, 0.717) is 21.3 Å². The topological polar surface area (TPSA) is 110 Å². The second-order valence-electron chi connectivity index (χ2n) is 6.08. The molecule has 1 heterocycles. The van der Waals surface area contributed by atoms with Gasteiger partial charge in [0.1, 0.15) is 5.82 Å². The van der Waals surface area contributed by atoms with Gasteiger partial charge in [-0.05, 0) is 45.8 Å². The van der Waals surface area contributed by atoms with E-state index >= 15 is 0 Å². The Hall–Kier alpha value is -3.33. The Balaban J connectivity index is 1.79. The van der Waals surface area contributed by atoms with Crippen molar-refractivity contribution >= 4 is 33.6 Å². The fourth-order valence-corrected chi connectivity index (χ4v) is 3.00. The van der Waals surface area contributed by atoms with Gasteiger partial charge in [-0.1, -0.05) is 18.2 Å². The van der Waals surface area contributed by atoms with Gasteiger partial charge < -0.3 is 16.4 Å². The van der Waals surface area contributed by atoms with Gasteiger partial charge in [0.25, 0.3) is 11.8 Å². The van der Waals surface area contributed by atoms with Crippen molar-refractivity contribution in [1.29, 1.82) is 0 Å². The van der Waals surface area contributed by atoms with E-state index in [2.05, 4.69) is 36.5 Å². The van der Waals surface area contributed by atoms with E-state index in [9.17, 15) is 14.0 Å². The zero-order valence-corrected chi connectivity index (χ0v) is 17.0. The average molecular weight is 458 g/mol. The summed E-state index contributed by atoms with van der Waals surface area (Å²) in [6.07, 6.45) is 1.44. The molecule has 4 N–H and O–H groups in total. The van der Waals surface area contributed by atoms with Crippen LogP contribution >= 0.6 is 15.9 Å². The zero-order valence-electron chi connectivity index (χ0n) is 15.4. The number of nitrogens with two attached hydrogens (primary N) is 1. The highest BCUT2D eigenvalue weighted by Gasteiger charge is 2.14. The van der Waals surface area contributed by atoms with E-state index in [-0.39, 0.29) is 29.8 Å². The number of hydrogen-bond acceptors (Lipinski definition) is 5. The smallest absolute Gasteiger partial charge is 0.273 e. The first-order chi connectivity index (χ1) is 13.9. The number of nitrogen functional groups attached to an aromatic ring is 1. The van der Waals surface area contributed by atoms with Crippen molar-refractivity contribution < 1.29 is 14.0 Å². The Morgan fingerprint density at radius 1 is 1.17 bits per heavy atom. The number of anilines is 1. The van der Waals surface area contributed by atoms with Crippen LogP contribution in [-0.2, 0) is 6.54 Å². The van der Waals surface area contributed by atoms with Gasteiger partial charge in [-0.25, -0.2) is 14.4 Å². The standard InChI is InChI=1S/C20H17BrFN5O2/c1-24-20(29)17-18(23)25-10-16(27-17)12-3-2-4-13(8-12)19(28)26-9-11-5-6-15(22)14(21)7-11/h2-8,10H,9H2,1H3,(H2,23,25)(H,24,29)(H,26,28). The lowest BCUT2D eigenvalue weighted by Gasteiger charge is -2.09. The monoisotopic (exact) mass is 457 g/mol. The van der Waals surface area contributed by atoms with E-state index in [0.717, 1.165) is 5.56 Å². The van der Waals surface area contributed by atoms with Crippen LogP contribution in [0.15, 0.2) is 53.1 Å². The van der Waals surface area contributed by atoms with E-state index in [4.69, 9.17) is 5.73 Å². The minimum Gasteiger partial charge on any atom is -0.382 e. The second kappa shape index (κ2) is 8.78. The van der Waals surface area contributed by atoms with Crippen molar-refractivity contribution in [3.63, 3.8) is 0 Å². The molecule has 2 amide bonds. The number of carbonyl (C=O) groups excluding carboxylic acids is 2. The third-order valence-corrected chi connectivity index (χ3v) is 4.71. The van der Waals surface area contributed by atoms with E-state index < -0.39 is 5.91 Å². The summed E-state index contributed by atoms with van der Waals surface area (Å²) >= 11 is 3.12. The fourth-order valence-electron chi connectivity index (χ4n) is 2.58. The lowest BCUT2D eigenvalue weighted by Crippen LogP contribution is -2.23. The summed E-state index contributed by atoms with van der Waals surface area (Å²) in [4.78, 5) is 32.6. The summed E-state index contributed by atoms with van der Waals surface area (Å²) in [5.41, 5.74) is 7.91. The molecule has 0 aliphatic carbocycles. The Bertz CT molecular complexity index is 1090. The molecular formula is C20H17BrFN5O2. The third kappa shape index (κ3) is 4.75. The maximum Gasteiger partial charge on any atom is 0.273 e. The molecule has 148 valence electrons. The first-order valence-corrected chi connectivity index (χ1v) is 9.35. The number of nitrogens with one attached hydrogen (secondary N) is 2. The number of halogens is 2. The SMILES string of the molecule is CNC(=O)c1nc(-c2cccc(C(=O)NCc3ccc(F)c(Br)c3)c2)cnc1N. The van der Waals surface area contributed by atoms with Gasteiger partial charge in [-0.3, -0.25) is 9.59 Å². The van der Waals surface area contributed by atoms with Crippen LogP contribution in [0.25, 0.3) is 11.3 Å². The van der Waals surface area contributed by atoms with Gasteiger partial charge in [-0.2, -0.15) is 0 Å². The summed E-state index contributed by atoms with van der Waals surface area (Å²) in [5, 5.41) is 5.24. The summed E-state index contributed by atoms with van der Waals surface area (Å²) in [6.45, 7) is 0.241. The number of amides is 2. The minimum absolute atomic E-state index is 0.0155. The third-order valence-electron chi connectivity index (χ3n) is 4.10. The quantitative estimate of drug-likeness (QED) is 0.545. The van der Waals surface area contributed by atoms with Crippen molar-refractivity contribution in [2.45, 2.75) is 6.54 Å². The van der Waals surface area contributed by atoms with E-state index in [1.807, 2.05) is 0 Å². The molecule has 0 aliphatic heterocycles. The van der Waals surface area contributed by atoms with Crippen molar-refractivity contribution in [2.24, 2.45) is 0 Å². The number of aromatic nitrogens is 2. The van der Waals surface area contributed by atoms with Gasteiger partial charge in [0.2, 0.25) is 0 Å². The van der Waals surface area contributed by atoms with Gasteiger partial charge in [0, 0.05) is 24.7 Å². The maximum atomic E-state index is 13.3. The number of benzene rings is 2. The molecule has 3 aromatic rings. The van der Waals surface area contributed by atoms with Crippen molar-refractivity contribution in [2.75, 3.05) is 12.8 Å². The molecule has 9 heteroatoms. The molecule has 0 saturated heterocycles. The summed E-state index contributed by atoms with van der Waals surface area (Å²) < 4.78 is 13.6. The molecule has 0 atom stereocenters. The minimum atomic E-state index is -0.448. The molecule has 7 nitrogen and oxygen atoms in total. The lowest BCUT2D eigenvalue weighted by molar-refractivity contribution is 0.0945. The highest BCUT2D eigenvalue weighted by atomic mass is 79.9. The molecule has 0 fully saturated rings. The van der Waals surface area contributed by atoms with E-state index in [1.165, 1.54) is 19.3 Å². The molecule has 1 aromatic heterocycles. The number of rotatable bonds is 5. The predicted molar refractivity (Wildman–Crippen MR) is 111 cm³/mol. The van der Waals surface area contributed by atoms with Crippen LogP contribution in [0.3, 0.4) is 0 Å². The van der Waals surface area contributed by atoms with Gasteiger partial charge >= 0.3 is 0 Å². The average Bonchev–Trinajstić information content (AvgIpc) is 2.74. The molecule has 0 bridgehead atoms. The molecule has 0 radical (unpaired) electrons. The molecule has 0 spiro atoms. The van der Waals surface area contributed by atoms with Gasteiger partial charge in [0.15, 0.2) is 11.5 Å². The van der Waals surface area contributed by atoms with Crippen LogP contribution in [0.4, 0.5) is 10.2 Å². The molecule has 2 aromatic carbocycles. The second-order valence-corrected chi connectivity index (χ2v) is 6.93. The molecule has 0 aliphatic rings. The Labute approximate surface area is 174 Å². The van der Waals surface area contributed by atoms with Crippen LogP contribution < -0.4 is 16.4 Å². The highest BCUT2D eigenvalue weighted by molar-refractivity contribution is 9.10. The maximum absolute atomic E-state index is 13.3. The van der Waals surface area contributed by atoms with Crippen molar-refractivity contribution in [3.8, 4) is 11.3 Å². The van der Waals surface area contributed by atoms with Crippen LogP contribution in [0, 0.1) is 5.82 Å². The number of carbonyl (C=O) groups is 2. The van der Waals surface area contributed by atoms with Crippen molar-refractivity contribution in [1.82, 2.24) is 20.6 Å². The van der Waals surface area contributed by atoms with Gasteiger partial charge in [0.05, 0.1) is 16.4 Å². The first-order valence-electron chi connectivity index (χ1n) is 8.56. The van der Waals surface area contributed by atoms with Crippen LogP contribution in [0.2, 0.25) is 0 Å². The Morgan fingerprint density at radius 3 is 2.69 bits per heavy atom. The Kier molecular flexibility index (Phi) is 6.18.